The van der Waals surface area contributed by atoms with Crippen LogP contribution in [-0.4, -0.2) is 43.5 Å². The van der Waals surface area contributed by atoms with Crippen molar-refractivity contribution in [1.29, 1.82) is 0 Å². The number of benzene rings is 2. The summed E-state index contributed by atoms with van der Waals surface area (Å²) in [7, 11) is 0. The Hall–Kier alpha value is -2.63. The fraction of sp³-hybridized carbons (Fsp3) is 0.292. The molecule has 0 aliphatic carbocycles. The second kappa shape index (κ2) is 9.25. The van der Waals surface area contributed by atoms with Crippen LogP contribution in [0.25, 0.3) is 0 Å². The predicted octanol–water partition coefficient (Wildman–Crippen LogP) is 4.08. The van der Waals surface area contributed by atoms with Crippen molar-refractivity contribution in [3.8, 4) is 0 Å². The van der Waals surface area contributed by atoms with Crippen molar-refractivity contribution in [3.63, 3.8) is 0 Å². The molecule has 1 fully saturated rings. The first-order valence-electron chi connectivity index (χ1n) is 10.1. The van der Waals surface area contributed by atoms with Gasteiger partial charge in [-0.25, -0.2) is 0 Å². The quantitative estimate of drug-likeness (QED) is 0.671. The summed E-state index contributed by atoms with van der Waals surface area (Å²) < 4.78 is 0. The van der Waals surface area contributed by atoms with Gasteiger partial charge in [-0.1, -0.05) is 54.6 Å². The lowest BCUT2D eigenvalue weighted by Crippen LogP contribution is -2.50. The van der Waals surface area contributed by atoms with Gasteiger partial charge in [0.25, 0.3) is 0 Å². The summed E-state index contributed by atoms with van der Waals surface area (Å²) in [5.41, 5.74) is 3.73. The zero-order valence-electron chi connectivity index (χ0n) is 16.8. The van der Waals surface area contributed by atoms with Gasteiger partial charge in [-0.15, -0.1) is 11.3 Å². The second-order valence-corrected chi connectivity index (χ2v) is 8.46. The summed E-state index contributed by atoms with van der Waals surface area (Å²) in [5.74, 6) is 0.0802. The maximum absolute atomic E-state index is 12.8. The third-order valence-corrected chi connectivity index (χ3v) is 6.40. The Morgan fingerprint density at radius 2 is 1.69 bits per heavy atom. The lowest BCUT2D eigenvalue weighted by atomic mass is 10.1. The highest BCUT2D eigenvalue weighted by atomic mass is 32.1. The Labute approximate surface area is 176 Å². The lowest BCUT2D eigenvalue weighted by Gasteiger charge is -2.36. The molecule has 0 unspecified atom stereocenters. The zero-order valence-corrected chi connectivity index (χ0v) is 17.6. The van der Waals surface area contributed by atoms with Gasteiger partial charge in [0, 0.05) is 36.7 Å². The van der Waals surface area contributed by atoms with E-state index in [1.807, 2.05) is 24.3 Å². The molecular weight excluding hydrogens is 378 g/mol. The number of para-hydroxylation sites is 1. The fourth-order valence-corrected chi connectivity index (χ4v) is 4.70. The molecule has 0 radical (unpaired) electrons. The van der Waals surface area contributed by atoms with Crippen LogP contribution in [0.15, 0.2) is 72.1 Å². The summed E-state index contributed by atoms with van der Waals surface area (Å²) in [5, 5.41) is 5.31. The molecule has 1 amide bonds. The van der Waals surface area contributed by atoms with Crippen molar-refractivity contribution in [2.45, 2.75) is 13.0 Å². The Balaban J connectivity index is 1.35. The standard InChI is InChI=1S/C24H27N3OS/c1-19-8-5-6-11-21(19)27-15-13-26(14-16-27)18-23(28)25-24(22-12-7-17-29-22)20-9-3-2-4-10-20/h2-12,17,24H,13-16,18H2,1H3,(H,25,28)/t24-/m0/s1. The molecule has 0 bridgehead atoms. The molecular formula is C24H27N3OS. The molecule has 1 saturated heterocycles. The summed E-state index contributed by atoms with van der Waals surface area (Å²) in [6, 6.07) is 22.7. The van der Waals surface area contributed by atoms with Crippen LogP contribution in [-0.2, 0) is 4.79 Å². The smallest absolute Gasteiger partial charge is 0.234 e. The molecule has 1 aromatic heterocycles. The van der Waals surface area contributed by atoms with E-state index in [9.17, 15) is 4.79 Å². The van der Waals surface area contributed by atoms with Crippen molar-refractivity contribution in [2.24, 2.45) is 0 Å². The largest absolute Gasteiger partial charge is 0.369 e. The van der Waals surface area contributed by atoms with Crippen LogP contribution in [0.2, 0.25) is 0 Å². The van der Waals surface area contributed by atoms with E-state index in [-0.39, 0.29) is 11.9 Å². The molecule has 4 nitrogen and oxygen atoms in total. The highest BCUT2D eigenvalue weighted by Gasteiger charge is 2.22. The number of aryl methyl sites for hydroxylation is 1. The first-order valence-corrected chi connectivity index (χ1v) is 11.0. The Morgan fingerprint density at radius 3 is 2.38 bits per heavy atom. The van der Waals surface area contributed by atoms with Crippen LogP contribution in [0.1, 0.15) is 22.0 Å². The summed E-state index contributed by atoms with van der Waals surface area (Å²) in [6.07, 6.45) is 0. The van der Waals surface area contributed by atoms with Crippen LogP contribution < -0.4 is 10.2 Å². The van der Waals surface area contributed by atoms with E-state index in [0.29, 0.717) is 6.54 Å². The molecule has 1 N–H and O–H groups in total. The minimum atomic E-state index is -0.0862. The first-order chi connectivity index (χ1) is 14.2. The van der Waals surface area contributed by atoms with Gasteiger partial charge in [0.05, 0.1) is 12.6 Å². The molecule has 1 aliphatic heterocycles. The van der Waals surface area contributed by atoms with E-state index in [1.54, 1.807) is 11.3 Å². The Bertz CT molecular complexity index is 918. The van der Waals surface area contributed by atoms with Gasteiger partial charge in [-0.05, 0) is 35.6 Å². The van der Waals surface area contributed by atoms with E-state index < -0.39 is 0 Å². The second-order valence-electron chi connectivity index (χ2n) is 7.48. The monoisotopic (exact) mass is 405 g/mol. The highest BCUT2D eigenvalue weighted by molar-refractivity contribution is 7.10. The van der Waals surface area contributed by atoms with E-state index in [2.05, 4.69) is 69.9 Å². The van der Waals surface area contributed by atoms with Gasteiger partial charge in [0.2, 0.25) is 5.91 Å². The molecule has 0 saturated carbocycles. The molecule has 0 spiro atoms. The van der Waals surface area contributed by atoms with E-state index in [0.717, 1.165) is 36.6 Å². The van der Waals surface area contributed by atoms with Gasteiger partial charge in [0.1, 0.15) is 0 Å². The summed E-state index contributed by atoms with van der Waals surface area (Å²) in [4.78, 5) is 18.7. The summed E-state index contributed by atoms with van der Waals surface area (Å²) >= 11 is 1.68. The van der Waals surface area contributed by atoms with Crippen LogP contribution in [0, 0.1) is 6.92 Å². The molecule has 2 heterocycles. The van der Waals surface area contributed by atoms with Crippen molar-refractivity contribution in [1.82, 2.24) is 10.2 Å². The fourth-order valence-electron chi connectivity index (χ4n) is 3.89. The number of carbonyl (C=O) groups excluding carboxylic acids is 1. The molecule has 1 atom stereocenters. The minimum Gasteiger partial charge on any atom is -0.369 e. The Kier molecular flexibility index (Phi) is 6.27. The molecule has 4 rings (SSSR count). The molecule has 2 aromatic carbocycles. The maximum atomic E-state index is 12.8. The third kappa shape index (κ3) is 4.86. The topological polar surface area (TPSA) is 35.6 Å². The minimum absolute atomic E-state index is 0.0802. The van der Waals surface area contributed by atoms with Crippen LogP contribution in [0.5, 0.6) is 0 Å². The van der Waals surface area contributed by atoms with Gasteiger partial charge in [-0.3, -0.25) is 9.69 Å². The van der Waals surface area contributed by atoms with E-state index >= 15 is 0 Å². The first kappa shape index (κ1) is 19.7. The average Bonchev–Trinajstić information content (AvgIpc) is 3.28. The molecule has 1 aliphatic rings. The predicted molar refractivity (Wildman–Crippen MR) is 121 cm³/mol. The highest BCUT2D eigenvalue weighted by Crippen LogP contribution is 2.26. The number of rotatable bonds is 6. The molecule has 3 aromatic rings. The number of nitrogens with one attached hydrogen (secondary N) is 1. The van der Waals surface area contributed by atoms with Crippen LogP contribution >= 0.6 is 11.3 Å². The van der Waals surface area contributed by atoms with Gasteiger partial charge in [0.15, 0.2) is 0 Å². The SMILES string of the molecule is Cc1ccccc1N1CCN(CC(=O)N[C@@H](c2ccccc2)c2cccs2)CC1. The van der Waals surface area contributed by atoms with Crippen LogP contribution in [0.4, 0.5) is 5.69 Å². The van der Waals surface area contributed by atoms with Crippen LogP contribution in [0.3, 0.4) is 0 Å². The van der Waals surface area contributed by atoms with Crippen molar-refractivity contribution in [3.05, 3.63) is 88.1 Å². The number of hydrogen-bond donors (Lipinski definition) is 1. The normalized spacial score (nSPS) is 15.8. The van der Waals surface area contributed by atoms with Gasteiger partial charge in [-0.2, -0.15) is 0 Å². The number of thiophene rings is 1. The zero-order chi connectivity index (χ0) is 20.1. The van der Waals surface area contributed by atoms with Crippen molar-refractivity contribution < 1.29 is 4.79 Å². The van der Waals surface area contributed by atoms with E-state index in [1.165, 1.54) is 11.3 Å². The average molecular weight is 406 g/mol. The maximum Gasteiger partial charge on any atom is 0.234 e. The number of hydrogen-bond acceptors (Lipinski definition) is 4. The number of carbonyl (C=O) groups is 1. The lowest BCUT2D eigenvalue weighted by molar-refractivity contribution is -0.122. The molecule has 5 heteroatoms. The third-order valence-electron chi connectivity index (χ3n) is 5.46. The van der Waals surface area contributed by atoms with Gasteiger partial charge >= 0.3 is 0 Å². The number of anilines is 1. The number of piperazine rings is 1. The molecule has 29 heavy (non-hydrogen) atoms. The van der Waals surface area contributed by atoms with Gasteiger partial charge < -0.3 is 10.2 Å². The number of amides is 1. The summed E-state index contributed by atoms with van der Waals surface area (Å²) in [6.45, 7) is 6.30. The Morgan fingerprint density at radius 1 is 0.966 bits per heavy atom. The number of nitrogens with zero attached hydrogens (tertiary/aromatic N) is 2. The van der Waals surface area contributed by atoms with Crippen molar-refractivity contribution >= 4 is 22.9 Å². The van der Waals surface area contributed by atoms with E-state index in [4.69, 9.17) is 0 Å². The molecule has 150 valence electrons. The van der Waals surface area contributed by atoms with Crippen molar-refractivity contribution in [2.75, 3.05) is 37.6 Å².